The van der Waals surface area contributed by atoms with E-state index in [1.165, 1.54) is 11.0 Å². The topological polar surface area (TPSA) is 117 Å². The van der Waals surface area contributed by atoms with Gasteiger partial charge in [-0.3, -0.25) is 19.8 Å². The zero-order chi connectivity index (χ0) is 38.6. The molecule has 1 aliphatic heterocycles. The third-order valence-electron chi connectivity index (χ3n) is 9.48. The van der Waals surface area contributed by atoms with Crippen molar-refractivity contribution in [3.8, 4) is 11.8 Å². The number of unbranched alkanes of at least 4 members (excludes halogenated alkanes) is 1. The van der Waals surface area contributed by atoms with Gasteiger partial charge in [0.1, 0.15) is 24.0 Å². The molecule has 4 rings (SSSR count). The smallest absolute Gasteiger partial charge is 0.413 e. The molecule has 2 atom stereocenters. The summed E-state index contributed by atoms with van der Waals surface area (Å²) in [5.41, 5.74) is 7.06. The fourth-order valence-corrected chi connectivity index (χ4v) is 7.10. The van der Waals surface area contributed by atoms with Crippen LogP contribution in [0.1, 0.15) is 116 Å². The van der Waals surface area contributed by atoms with Crippen molar-refractivity contribution in [2.45, 2.75) is 97.3 Å². The Kier molecular flexibility index (Phi) is 14.5. The van der Waals surface area contributed by atoms with Crippen molar-refractivity contribution in [2.75, 3.05) is 26.4 Å². The van der Waals surface area contributed by atoms with Crippen molar-refractivity contribution in [2.24, 2.45) is 5.73 Å². The van der Waals surface area contributed by atoms with Crippen LogP contribution < -0.4 is 16.4 Å². The van der Waals surface area contributed by atoms with E-state index in [0.717, 1.165) is 55.0 Å². The monoisotopic (exact) mass is 729 g/mol. The molecule has 11 heteroatoms. The quantitative estimate of drug-likeness (QED) is 0.0856. The number of ether oxygens (including phenoxy) is 1. The molecule has 0 aromatic heterocycles. The summed E-state index contributed by atoms with van der Waals surface area (Å²) >= 11 is 0. The first-order chi connectivity index (χ1) is 25.4. The van der Waals surface area contributed by atoms with Gasteiger partial charge in [0.2, 0.25) is 0 Å². The van der Waals surface area contributed by atoms with Gasteiger partial charge in [0.05, 0.1) is 5.54 Å². The van der Waals surface area contributed by atoms with Crippen molar-refractivity contribution in [1.82, 2.24) is 20.4 Å². The van der Waals surface area contributed by atoms with E-state index >= 15 is 0 Å². The van der Waals surface area contributed by atoms with Gasteiger partial charge in [-0.05, 0) is 98.2 Å². The van der Waals surface area contributed by atoms with Crippen molar-refractivity contribution < 1.29 is 27.9 Å². The van der Waals surface area contributed by atoms with Gasteiger partial charge in [-0.25, -0.2) is 13.6 Å². The molecule has 3 amide bonds. The number of nitrogens with one attached hydrogen (secondary N) is 2. The van der Waals surface area contributed by atoms with E-state index < -0.39 is 34.8 Å². The van der Waals surface area contributed by atoms with E-state index in [9.17, 15) is 23.2 Å². The number of benzene rings is 3. The molecule has 4 N–H and O–H groups in total. The van der Waals surface area contributed by atoms with Gasteiger partial charge in [0.25, 0.3) is 11.8 Å². The molecule has 0 saturated carbocycles. The number of carbonyl (C=O) groups is 3. The van der Waals surface area contributed by atoms with Crippen LogP contribution in [0.4, 0.5) is 13.6 Å². The molecule has 0 radical (unpaired) electrons. The van der Waals surface area contributed by atoms with Crippen LogP contribution in [0.5, 0.6) is 0 Å². The lowest BCUT2D eigenvalue weighted by atomic mass is 9.76. The predicted octanol–water partition coefficient (Wildman–Crippen LogP) is 7.36. The number of carbonyl (C=O) groups excluding carboxylic acids is 3. The Labute approximate surface area is 312 Å². The summed E-state index contributed by atoms with van der Waals surface area (Å²) in [6.45, 7) is 11.2. The van der Waals surface area contributed by atoms with E-state index in [0.29, 0.717) is 37.2 Å². The van der Waals surface area contributed by atoms with Crippen molar-refractivity contribution >= 4 is 17.9 Å². The number of amides is 3. The maximum Gasteiger partial charge on any atom is 0.413 e. The van der Waals surface area contributed by atoms with Crippen LogP contribution in [0.15, 0.2) is 60.7 Å². The number of likely N-dealkylation sites (tertiary alicyclic amines) is 1. The molecule has 3 aromatic carbocycles. The molecule has 1 heterocycles. The normalized spacial score (nSPS) is 17.9. The summed E-state index contributed by atoms with van der Waals surface area (Å²) in [4.78, 5) is 45.0. The number of nitrogens with zero attached hydrogens (tertiary/aromatic N) is 2. The predicted molar refractivity (Wildman–Crippen MR) is 203 cm³/mol. The Bertz CT molecular complexity index is 1800. The second-order valence-corrected chi connectivity index (χ2v) is 13.7. The van der Waals surface area contributed by atoms with Gasteiger partial charge in [0.15, 0.2) is 0 Å². The lowest BCUT2D eigenvalue weighted by Crippen LogP contribution is -2.71. The van der Waals surface area contributed by atoms with Crippen LogP contribution in [0.2, 0.25) is 0 Å². The van der Waals surface area contributed by atoms with Crippen LogP contribution in [0.25, 0.3) is 0 Å². The lowest BCUT2D eigenvalue weighted by molar-refractivity contribution is 0.0184. The summed E-state index contributed by atoms with van der Waals surface area (Å²) in [6, 6.07) is 15.7. The Morgan fingerprint density at radius 3 is 2.28 bits per heavy atom. The van der Waals surface area contributed by atoms with E-state index in [1.807, 2.05) is 45.0 Å². The van der Waals surface area contributed by atoms with Crippen molar-refractivity contribution in [3.05, 3.63) is 106 Å². The number of halogens is 2. The Morgan fingerprint density at radius 2 is 1.62 bits per heavy atom. The number of hydrogen-bond donors (Lipinski definition) is 3. The van der Waals surface area contributed by atoms with E-state index in [-0.39, 0.29) is 43.2 Å². The molecule has 0 bridgehead atoms. The van der Waals surface area contributed by atoms with Crippen molar-refractivity contribution in [3.63, 3.8) is 0 Å². The number of hydrogen-bond acceptors (Lipinski definition) is 6. The summed E-state index contributed by atoms with van der Waals surface area (Å²) < 4.78 is 35.1. The first-order valence-corrected chi connectivity index (χ1v) is 18.6. The number of aryl methyl sites for hydroxylation is 1. The van der Waals surface area contributed by atoms with Gasteiger partial charge in [0, 0.05) is 55.4 Å². The number of rotatable bonds is 15. The third kappa shape index (κ3) is 9.80. The van der Waals surface area contributed by atoms with Gasteiger partial charge in [-0.1, -0.05) is 58.1 Å². The highest BCUT2D eigenvalue weighted by Gasteiger charge is 2.61. The highest BCUT2D eigenvalue weighted by molar-refractivity contribution is 6.00. The molecule has 1 aliphatic rings. The summed E-state index contributed by atoms with van der Waals surface area (Å²) in [5.74, 6) is 3.84. The second kappa shape index (κ2) is 18.8. The molecule has 1 unspecified atom stereocenters. The highest BCUT2D eigenvalue weighted by Crippen LogP contribution is 2.46. The number of nitrogens with two attached hydrogens (primary N) is 1. The molecular formula is C42H53F2N5O4. The van der Waals surface area contributed by atoms with Crippen LogP contribution in [0, 0.1) is 30.4 Å². The van der Waals surface area contributed by atoms with E-state index in [4.69, 9.17) is 10.5 Å². The Hall–Kier alpha value is -4.79. The molecule has 3 aromatic rings. The fraction of sp³-hybridized carbons (Fsp3) is 0.452. The zero-order valence-electron chi connectivity index (χ0n) is 31.6. The van der Waals surface area contributed by atoms with Gasteiger partial charge < -0.3 is 20.7 Å². The van der Waals surface area contributed by atoms with Gasteiger partial charge in [-0.2, -0.15) is 0 Å². The van der Waals surface area contributed by atoms with E-state index in [2.05, 4.69) is 29.4 Å². The third-order valence-corrected chi connectivity index (χ3v) is 9.48. The zero-order valence-corrected chi connectivity index (χ0v) is 31.6. The standard InChI is InChI=1S/C42H53F2N5O4/c1-6-10-11-13-31-14-12-15-32(23-31)28-46-29-53-40(52)49-20-17-41(45,35-25-36(43)27-37(44)26-35)42(49,16-7-2)47-38(50)33-21-30(5)22-34(24-33)39(51)48(18-8-3)19-9-4/h12,14-15,21-27,46H,6-10,16-20,28-29,45H2,1-5H3,(H,47,50)/t41-,42?/m0/s1. The van der Waals surface area contributed by atoms with Crippen molar-refractivity contribution in [1.29, 1.82) is 0 Å². The largest absolute Gasteiger partial charge is 0.433 e. The minimum Gasteiger partial charge on any atom is -0.433 e. The SMILES string of the molecule is CCCC#Cc1cccc(CNCOC(=O)N2CC[C@](N)(c3cc(F)cc(F)c3)C2(CCC)NC(=O)c2cc(C)cc(C(=O)N(CCC)CCC)c2)c1. The molecular weight excluding hydrogens is 676 g/mol. The molecule has 1 fully saturated rings. The molecule has 9 nitrogen and oxygen atoms in total. The van der Waals surface area contributed by atoms with Crippen LogP contribution in [-0.2, 0) is 16.8 Å². The average molecular weight is 730 g/mol. The van der Waals surface area contributed by atoms with Gasteiger partial charge in [-0.15, -0.1) is 0 Å². The average Bonchev–Trinajstić information content (AvgIpc) is 3.41. The molecule has 0 aliphatic carbocycles. The molecule has 53 heavy (non-hydrogen) atoms. The second-order valence-electron chi connectivity index (χ2n) is 13.7. The summed E-state index contributed by atoms with van der Waals surface area (Å²) in [5, 5.41) is 6.17. The van der Waals surface area contributed by atoms with Gasteiger partial charge >= 0.3 is 6.09 Å². The minimum absolute atomic E-state index is 0.0345. The minimum atomic E-state index is -1.66. The first kappa shape index (κ1) is 41.0. The Balaban J connectivity index is 1.65. The fourth-order valence-electron chi connectivity index (χ4n) is 7.10. The first-order valence-electron chi connectivity index (χ1n) is 18.6. The van der Waals surface area contributed by atoms with Crippen LogP contribution >= 0.6 is 0 Å². The lowest BCUT2D eigenvalue weighted by Gasteiger charge is -2.48. The molecule has 0 spiro atoms. The van der Waals surface area contributed by atoms with Crippen LogP contribution in [-0.4, -0.2) is 59.7 Å². The molecule has 284 valence electrons. The van der Waals surface area contributed by atoms with Crippen LogP contribution in [0.3, 0.4) is 0 Å². The maximum absolute atomic E-state index is 14.7. The summed E-state index contributed by atoms with van der Waals surface area (Å²) in [6.07, 6.45) is 3.26. The molecule has 1 saturated heterocycles. The maximum atomic E-state index is 14.7. The Morgan fingerprint density at radius 1 is 0.925 bits per heavy atom. The summed E-state index contributed by atoms with van der Waals surface area (Å²) in [7, 11) is 0. The highest BCUT2D eigenvalue weighted by atomic mass is 19.1. The van der Waals surface area contributed by atoms with E-state index in [1.54, 1.807) is 24.0 Å².